The predicted octanol–water partition coefficient (Wildman–Crippen LogP) is 3.48. The van der Waals surface area contributed by atoms with E-state index in [9.17, 15) is 4.39 Å². The maximum absolute atomic E-state index is 13.8. The van der Waals surface area contributed by atoms with Crippen molar-refractivity contribution in [2.75, 3.05) is 6.61 Å². The van der Waals surface area contributed by atoms with E-state index in [-0.39, 0.29) is 11.9 Å². The van der Waals surface area contributed by atoms with Gasteiger partial charge in [0, 0.05) is 11.8 Å². The van der Waals surface area contributed by atoms with E-state index in [2.05, 4.69) is 18.8 Å². The van der Waals surface area contributed by atoms with E-state index in [1.165, 1.54) is 6.07 Å². The van der Waals surface area contributed by atoms with Gasteiger partial charge in [0.15, 0.2) is 0 Å². The molecule has 0 unspecified atom stereocenters. The minimum absolute atomic E-state index is 0.188. The Balaban J connectivity index is 1.85. The second-order valence-corrected chi connectivity index (χ2v) is 5.67. The lowest BCUT2D eigenvalue weighted by Crippen LogP contribution is -2.13. The molecular weight excluding hydrogens is 267 g/mol. The Morgan fingerprint density at radius 2 is 2.10 bits per heavy atom. The Morgan fingerprint density at radius 1 is 1.29 bits per heavy atom. The summed E-state index contributed by atoms with van der Waals surface area (Å²) in [5, 5.41) is 0. The lowest BCUT2D eigenvalue weighted by Gasteiger charge is -2.09. The molecule has 1 aliphatic rings. The molecule has 0 fully saturated rings. The van der Waals surface area contributed by atoms with E-state index < -0.39 is 0 Å². The van der Waals surface area contributed by atoms with Gasteiger partial charge in [-0.3, -0.25) is 0 Å². The van der Waals surface area contributed by atoms with Crippen LogP contribution < -0.4 is 0 Å². The monoisotopic (exact) mass is 286 g/mol. The third-order valence-electron chi connectivity index (χ3n) is 3.79. The lowest BCUT2D eigenvalue weighted by molar-refractivity contribution is 0.290. The number of aliphatic imine (C=N–C) groups is 1. The zero-order valence-electron chi connectivity index (χ0n) is 12.3. The number of hydrogen-bond donors (Lipinski definition) is 0. The van der Waals surface area contributed by atoms with Gasteiger partial charge in [0.1, 0.15) is 18.1 Å². The van der Waals surface area contributed by atoms with Gasteiger partial charge in [-0.05, 0) is 24.1 Å². The SMILES string of the molecule is CC(C)[C@@H]1COC(c2cccn2Cc2ccccc2F)=N1. The third kappa shape index (κ3) is 2.84. The van der Waals surface area contributed by atoms with Crippen LogP contribution in [0.15, 0.2) is 47.6 Å². The van der Waals surface area contributed by atoms with Crippen LogP contribution in [0.2, 0.25) is 0 Å². The molecule has 0 spiro atoms. The molecule has 0 radical (unpaired) electrons. The molecule has 0 aliphatic carbocycles. The molecule has 1 aromatic carbocycles. The summed E-state index contributed by atoms with van der Waals surface area (Å²) in [4.78, 5) is 4.63. The average molecular weight is 286 g/mol. The molecule has 0 N–H and O–H groups in total. The van der Waals surface area contributed by atoms with Gasteiger partial charge in [-0.1, -0.05) is 32.0 Å². The standard InChI is InChI=1S/C17H19FN2O/c1-12(2)15-11-21-17(19-15)16-8-5-9-20(16)10-13-6-3-4-7-14(13)18/h3-9,12,15H,10-11H2,1-2H3/t15-/m0/s1. The van der Waals surface area contributed by atoms with E-state index in [1.807, 2.05) is 29.0 Å². The zero-order chi connectivity index (χ0) is 14.8. The minimum atomic E-state index is -0.188. The summed E-state index contributed by atoms with van der Waals surface area (Å²) in [6.45, 7) is 5.37. The Bertz CT molecular complexity index is 660. The summed E-state index contributed by atoms with van der Waals surface area (Å²) >= 11 is 0. The van der Waals surface area contributed by atoms with E-state index >= 15 is 0 Å². The maximum Gasteiger partial charge on any atom is 0.233 e. The normalized spacial score (nSPS) is 17.9. The maximum atomic E-state index is 13.8. The van der Waals surface area contributed by atoms with Gasteiger partial charge in [0.2, 0.25) is 5.90 Å². The summed E-state index contributed by atoms with van der Waals surface area (Å²) in [7, 11) is 0. The Labute approximate surface area is 124 Å². The molecule has 3 rings (SSSR count). The third-order valence-corrected chi connectivity index (χ3v) is 3.79. The molecule has 1 aliphatic heterocycles. The van der Waals surface area contributed by atoms with Gasteiger partial charge in [0.05, 0.1) is 12.6 Å². The number of benzene rings is 1. The molecule has 2 aromatic rings. The first-order valence-corrected chi connectivity index (χ1v) is 7.24. The Kier molecular flexibility index (Phi) is 3.78. The Morgan fingerprint density at radius 3 is 2.81 bits per heavy atom. The van der Waals surface area contributed by atoms with Crippen molar-refractivity contribution >= 4 is 5.90 Å². The molecule has 1 aromatic heterocycles. The summed E-state index contributed by atoms with van der Waals surface area (Å²) in [5.74, 6) is 0.930. The van der Waals surface area contributed by atoms with E-state index in [0.29, 0.717) is 30.5 Å². The van der Waals surface area contributed by atoms with E-state index in [1.54, 1.807) is 12.1 Å². The molecule has 0 bridgehead atoms. The molecule has 21 heavy (non-hydrogen) atoms. The van der Waals surface area contributed by atoms with Gasteiger partial charge >= 0.3 is 0 Å². The van der Waals surface area contributed by atoms with Crippen LogP contribution in [-0.2, 0) is 11.3 Å². The molecule has 1 atom stereocenters. The molecular formula is C17H19FN2O. The molecule has 4 heteroatoms. The predicted molar refractivity (Wildman–Crippen MR) is 81.0 cm³/mol. The molecule has 0 saturated heterocycles. The van der Waals surface area contributed by atoms with Crippen molar-refractivity contribution in [3.8, 4) is 0 Å². The summed E-state index contributed by atoms with van der Waals surface area (Å²) in [6, 6.07) is 10.9. The number of ether oxygens (including phenoxy) is 1. The van der Waals surface area contributed by atoms with Crippen molar-refractivity contribution in [2.45, 2.75) is 26.4 Å². The summed E-state index contributed by atoms with van der Waals surface area (Å²) < 4.78 is 21.5. The van der Waals surface area contributed by atoms with Gasteiger partial charge in [-0.25, -0.2) is 9.38 Å². The summed E-state index contributed by atoms with van der Waals surface area (Å²) in [6.07, 6.45) is 1.93. The van der Waals surface area contributed by atoms with Gasteiger partial charge in [0.25, 0.3) is 0 Å². The van der Waals surface area contributed by atoms with Crippen LogP contribution in [0.25, 0.3) is 0 Å². The van der Waals surface area contributed by atoms with Gasteiger partial charge < -0.3 is 9.30 Å². The highest BCUT2D eigenvalue weighted by molar-refractivity contribution is 5.93. The number of halogens is 1. The van der Waals surface area contributed by atoms with Gasteiger partial charge in [-0.15, -0.1) is 0 Å². The van der Waals surface area contributed by atoms with Gasteiger partial charge in [-0.2, -0.15) is 0 Å². The molecule has 0 amide bonds. The fraction of sp³-hybridized carbons (Fsp3) is 0.353. The quantitative estimate of drug-likeness (QED) is 0.845. The Hall–Kier alpha value is -2.10. The van der Waals surface area contributed by atoms with Crippen LogP contribution >= 0.6 is 0 Å². The number of rotatable bonds is 4. The van der Waals surface area contributed by atoms with Crippen LogP contribution in [0.5, 0.6) is 0 Å². The first-order valence-electron chi connectivity index (χ1n) is 7.24. The highest BCUT2D eigenvalue weighted by Gasteiger charge is 2.24. The van der Waals surface area contributed by atoms with Crippen LogP contribution in [0.1, 0.15) is 25.1 Å². The van der Waals surface area contributed by atoms with Crippen molar-refractivity contribution in [3.63, 3.8) is 0 Å². The fourth-order valence-corrected chi connectivity index (χ4v) is 2.43. The van der Waals surface area contributed by atoms with Crippen molar-refractivity contribution in [2.24, 2.45) is 10.9 Å². The lowest BCUT2D eigenvalue weighted by atomic mass is 10.1. The van der Waals surface area contributed by atoms with E-state index in [0.717, 1.165) is 5.69 Å². The van der Waals surface area contributed by atoms with Crippen molar-refractivity contribution in [3.05, 3.63) is 59.7 Å². The zero-order valence-corrected chi connectivity index (χ0v) is 12.3. The topological polar surface area (TPSA) is 26.5 Å². The molecule has 2 heterocycles. The van der Waals surface area contributed by atoms with Crippen LogP contribution in [0.4, 0.5) is 4.39 Å². The number of aromatic nitrogens is 1. The smallest absolute Gasteiger partial charge is 0.233 e. The highest BCUT2D eigenvalue weighted by Crippen LogP contribution is 2.19. The fourth-order valence-electron chi connectivity index (χ4n) is 2.43. The second kappa shape index (κ2) is 5.72. The van der Waals surface area contributed by atoms with Crippen molar-refractivity contribution in [1.82, 2.24) is 4.57 Å². The summed E-state index contributed by atoms with van der Waals surface area (Å²) in [5.41, 5.74) is 1.57. The van der Waals surface area contributed by atoms with E-state index in [4.69, 9.17) is 4.74 Å². The number of nitrogens with zero attached hydrogens (tertiary/aromatic N) is 2. The number of hydrogen-bond acceptors (Lipinski definition) is 2. The van der Waals surface area contributed by atoms with Crippen LogP contribution in [-0.4, -0.2) is 23.1 Å². The van der Waals surface area contributed by atoms with Crippen LogP contribution in [0, 0.1) is 11.7 Å². The average Bonchev–Trinajstić information content (AvgIpc) is 3.09. The molecule has 0 saturated carbocycles. The first-order chi connectivity index (χ1) is 10.1. The molecule has 3 nitrogen and oxygen atoms in total. The first kappa shape index (κ1) is 13.9. The molecule has 110 valence electrons. The minimum Gasteiger partial charge on any atom is -0.474 e. The highest BCUT2D eigenvalue weighted by atomic mass is 19.1. The van der Waals surface area contributed by atoms with Crippen molar-refractivity contribution in [1.29, 1.82) is 0 Å². The van der Waals surface area contributed by atoms with Crippen LogP contribution in [0.3, 0.4) is 0 Å². The van der Waals surface area contributed by atoms with Crippen molar-refractivity contribution < 1.29 is 9.13 Å². The largest absolute Gasteiger partial charge is 0.474 e. The second-order valence-electron chi connectivity index (χ2n) is 5.67.